The number of carboxylic acid groups (broad SMARTS) is 1. The van der Waals surface area contributed by atoms with Gasteiger partial charge in [-0.3, -0.25) is 14.5 Å². The van der Waals surface area contributed by atoms with Gasteiger partial charge < -0.3 is 15.2 Å². The number of rotatable bonds is 4. The number of carbonyl (C=O) groups is 1. The maximum Gasteiger partial charge on any atom is 0.311 e. The second kappa shape index (κ2) is 4.64. The molecule has 7 nitrogen and oxygen atoms in total. The van der Waals surface area contributed by atoms with Gasteiger partial charge in [-0.2, -0.15) is 0 Å². The first-order valence-electron chi connectivity index (χ1n) is 5.26. The van der Waals surface area contributed by atoms with Crippen LogP contribution in [-0.2, 0) is 24.3 Å². The van der Waals surface area contributed by atoms with Crippen molar-refractivity contribution in [3.63, 3.8) is 0 Å². The summed E-state index contributed by atoms with van der Waals surface area (Å²) in [4.78, 5) is 30.7. The molecular formula is C10H13N3O4. The van der Waals surface area contributed by atoms with Crippen LogP contribution in [0.3, 0.4) is 0 Å². The SMILES string of the molecule is O=C(O)Cc1nc2c(c(=O)[nH]1)CN(CCO)C2. The van der Waals surface area contributed by atoms with Gasteiger partial charge in [0.15, 0.2) is 0 Å². The molecule has 1 aromatic rings. The smallest absolute Gasteiger partial charge is 0.311 e. The summed E-state index contributed by atoms with van der Waals surface area (Å²) in [5.74, 6) is -0.856. The molecule has 0 saturated heterocycles. The van der Waals surface area contributed by atoms with E-state index in [9.17, 15) is 9.59 Å². The number of aromatic amines is 1. The Morgan fingerprint density at radius 3 is 2.88 bits per heavy atom. The lowest BCUT2D eigenvalue weighted by molar-refractivity contribution is -0.136. The van der Waals surface area contributed by atoms with Crippen LogP contribution in [0.5, 0.6) is 0 Å². The predicted octanol–water partition coefficient (Wildman–Crippen LogP) is -1.30. The van der Waals surface area contributed by atoms with Gasteiger partial charge in [-0.25, -0.2) is 4.98 Å². The summed E-state index contributed by atoms with van der Waals surface area (Å²) < 4.78 is 0. The normalized spacial score (nSPS) is 14.9. The van der Waals surface area contributed by atoms with Crippen molar-refractivity contribution in [1.29, 1.82) is 0 Å². The molecule has 1 aliphatic rings. The molecule has 0 aliphatic carbocycles. The number of aliphatic carboxylic acids is 1. The molecule has 0 unspecified atom stereocenters. The molecule has 0 radical (unpaired) electrons. The summed E-state index contributed by atoms with van der Waals surface area (Å²) >= 11 is 0. The molecule has 2 rings (SSSR count). The first-order chi connectivity index (χ1) is 8.10. The van der Waals surface area contributed by atoms with E-state index in [4.69, 9.17) is 10.2 Å². The van der Waals surface area contributed by atoms with E-state index in [-0.39, 0.29) is 24.4 Å². The summed E-state index contributed by atoms with van der Waals surface area (Å²) in [5.41, 5.74) is 0.887. The van der Waals surface area contributed by atoms with Crippen LogP contribution in [0.15, 0.2) is 4.79 Å². The molecule has 1 aromatic heterocycles. The van der Waals surface area contributed by atoms with E-state index in [1.165, 1.54) is 0 Å². The number of β-amino-alcohol motifs (C(OH)–C–C–N with tert-alkyl or cyclic N) is 1. The van der Waals surface area contributed by atoms with Crippen LogP contribution < -0.4 is 5.56 Å². The van der Waals surface area contributed by atoms with Crippen molar-refractivity contribution in [2.24, 2.45) is 0 Å². The lowest BCUT2D eigenvalue weighted by Crippen LogP contribution is -2.22. The van der Waals surface area contributed by atoms with Crippen molar-refractivity contribution in [3.8, 4) is 0 Å². The largest absolute Gasteiger partial charge is 0.481 e. The van der Waals surface area contributed by atoms with Crippen LogP contribution in [-0.4, -0.2) is 44.2 Å². The Balaban J connectivity index is 2.26. The summed E-state index contributed by atoms with van der Waals surface area (Å²) in [6.45, 7) is 1.43. The molecule has 17 heavy (non-hydrogen) atoms. The summed E-state index contributed by atoms with van der Waals surface area (Å²) in [7, 11) is 0. The number of carboxylic acids is 1. The third kappa shape index (κ3) is 2.51. The molecule has 7 heteroatoms. The second-order valence-electron chi connectivity index (χ2n) is 3.94. The topological polar surface area (TPSA) is 107 Å². The average molecular weight is 239 g/mol. The van der Waals surface area contributed by atoms with E-state index in [1.54, 1.807) is 0 Å². The van der Waals surface area contributed by atoms with Crippen LogP contribution in [0.25, 0.3) is 0 Å². The van der Waals surface area contributed by atoms with Crippen LogP contribution >= 0.6 is 0 Å². The number of aliphatic hydroxyl groups excluding tert-OH is 1. The zero-order chi connectivity index (χ0) is 12.4. The van der Waals surface area contributed by atoms with Crippen LogP contribution in [0, 0.1) is 0 Å². The molecule has 3 N–H and O–H groups in total. The zero-order valence-corrected chi connectivity index (χ0v) is 9.14. The Kier molecular flexibility index (Phi) is 3.21. The van der Waals surface area contributed by atoms with Gasteiger partial charge in [-0.05, 0) is 0 Å². The molecule has 0 atom stereocenters. The van der Waals surface area contributed by atoms with E-state index < -0.39 is 5.97 Å². The number of hydrogen-bond acceptors (Lipinski definition) is 5. The van der Waals surface area contributed by atoms with Gasteiger partial charge in [0.05, 0.1) is 17.9 Å². The second-order valence-corrected chi connectivity index (χ2v) is 3.94. The maximum atomic E-state index is 11.7. The average Bonchev–Trinajstić information content (AvgIpc) is 2.60. The van der Waals surface area contributed by atoms with E-state index >= 15 is 0 Å². The van der Waals surface area contributed by atoms with Crippen molar-refractivity contribution in [3.05, 3.63) is 27.4 Å². The van der Waals surface area contributed by atoms with Gasteiger partial charge in [-0.1, -0.05) is 0 Å². The molecule has 2 heterocycles. The third-order valence-corrected chi connectivity index (χ3v) is 2.64. The number of nitrogens with one attached hydrogen (secondary N) is 1. The van der Waals surface area contributed by atoms with E-state index in [2.05, 4.69) is 9.97 Å². The van der Waals surface area contributed by atoms with Crippen molar-refractivity contribution in [2.45, 2.75) is 19.5 Å². The van der Waals surface area contributed by atoms with Crippen LogP contribution in [0.2, 0.25) is 0 Å². The van der Waals surface area contributed by atoms with Crippen molar-refractivity contribution >= 4 is 5.97 Å². The minimum absolute atomic E-state index is 0.0217. The number of H-pyrrole nitrogens is 1. The molecule has 0 saturated carbocycles. The highest BCUT2D eigenvalue weighted by molar-refractivity contribution is 5.68. The molecule has 0 amide bonds. The molecule has 1 aliphatic heterocycles. The third-order valence-electron chi connectivity index (χ3n) is 2.64. The minimum Gasteiger partial charge on any atom is -0.481 e. The fourth-order valence-electron chi connectivity index (χ4n) is 1.91. The van der Waals surface area contributed by atoms with Gasteiger partial charge in [0.25, 0.3) is 5.56 Å². The minimum atomic E-state index is -1.03. The lowest BCUT2D eigenvalue weighted by atomic mass is 10.2. The first kappa shape index (κ1) is 11.7. The Labute approximate surface area is 96.7 Å². The summed E-state index contributed by atoms with van der Waals surface area (Å²) in [5, 5.41) is 17.5. The monoisotopic (exact) mass is 239 g/mol. The van der Waals surface area contributed by atoms with Crippen molar-refractivity contribution in [2.75, 3.05) is 13.2 Å². The first-order valence-corrected chi connectivity index (χ1v) is 5.26. The number of fused-ring (bicyclic) bond motifs is 1. The predicted molar refractivity (Wildman–Crippen MR) is 57.4 cm³/mol. The Hall–Kier alpha value is -1.73. The molecule has 0 bridgehead atoms. The number of aromatic nitrogens is 2. The highest BCUT2D eigenvalue weighted by atomic mass is 16.4. The maximum absolute atomic E-state index is 11.7. The quantitative estimate of drug-likeness (QED) is 0.603. The highest BCUT2D eigenvalue weighted by Crippen LogP contribution is 2.16. The van der Waals surface area contributed by atoms with Gasteiger partial charge >= 0.3 is 5.97 Å². The molecule has 92 valence electrons. The molecule has 0 aromatic carbocycles. The van der Waals surface area contributed by atoms with Gasteiger partial charge in [0.1, 0.15) is 12.2 Å². The van der Waals surface area contributed by atoms with Crippen molar-refractivity contribution in [1.82, 2.24) is 14.9 Å². The van der Waals surface area contributed by atoms with E-state index in [1.807, 2.05) is 4.90 Å². The van der Waals surface area contributed by atoms with Gasteiger partial charge in [0, 0.05) is 19.6 Å². The number of aliphatic hydroxyl groups is 1. The zero-order valence-electron chi connectivity index (χ0n) is 9.14. The lowest BCUT2D eigenvalue weighted by Gasteiger charge is -2.10. The van der Waals surface area contributed by atoms with Crippen molar-refractivity contribution < 1.29 is 15.0 Å². The van der Waals surface area contributed by atoms with Gasteiger partial charge in [0.2, 0.25) is 0 Å². The number of nitrogens with zero attached hydrogens (tertiary/aromatic N) is 2. The Morgan fingerprint density at radius 2 is 2.24 bits per heavy atom. The molecule has 0 spiro atoms. The fourth-order valence-corrected chi connectivity index (χ4v) is 1.91. The highest BCUT2D eigenvalue weighted by Gasteiger charge is 2.23. The Morgan fingerprint density at radius 1 is 1.47 bits per heavy atom. The van der Waals surface area contributed by atoms with Crippen LogP contribution in [0.4, 0.5) is 0 Å². The van der Waals surface area contributed by atoms with Gasteiger partial charge in [-0.15, -0.1) is 0 Å². The van der Waals surface area contributed by atoms with E-state index in [0.29, 0.717) is 30.9 Å². The Bertz CT molecular complexity index is 497. The standard InChI is InChI=1S/C10H13N3O4/c14-2-1-13-4-6-7(5-13)11-8(3-9(15)16)12-10(6)17/h14H,1-5H2,(H,15,16)(H,11,12,17). The summed E-state index contributed by atoms with van der Waals surface area (Å²) in [6.07, 6.45) is -0.289. The molecular weight excluding hydrogens is 226 g/mol. The summed E-state index contributed by atoms with van der Waals surface area (Å²) in [6, 6.07) is 0. The molecule has 0 fully saturated rings. The number of hydrogen-bond donors (Lipinski definition) is 3. The fraction of sp³-hybridized carbons (Fsp3) is 0.500. The van der Waals surface area contributed by atoms with E-state index in [0.717, 1.165) is 0 Å². The van der Waals surface area contributed by atoms with Crippen LogP contribution in [0.1, 0.15) is 17.1 Å².